The van der Waals surface area contributed by atoms with Crippen molar-refractivity contribution in [1.82, 2.24) is 14.9 Å². The third-order valence-electron chi connectivity index (χ3n) is 4.54. The molecule has 146 valence electrons. The van der Waals surface area contributed by atoms with Crippen LogP contribution >= 0.6 is 11.6 Å². The minimum absolute atomic E-state index is 0.290. The van der Waals surface area contributed by atoms with E-state index in [0.29, 0.717) is 29.4 Å². The second-order valence-corrected chi connectivity index (χ2v) is 6.90. The Kier molecular flexibility index (Phi) is 6.58. The van der Waals surface area contributed by atoms with Gasteiger partial charge in [-0.2, -0.15) is 9.97 Å². The summed E-state index contributed by atoms with van der Waals surface area (Å²) < 4.78 is 10.6. The van der Waals surface area contributed by atoms with Gasteiger partial charge in [0.1, 0.15) is 11.6 Å². The first-order valence-corrected chi connectivity index (χ1v) is 9.47. The minimum Gasteiger partial charge on any atom is -0.492 e. The number of aromatic nitrogens is 2. The molecule has 2 aromatic rings. The number of rotatable bonds is 7. The lowest BCUT2D eigenvalue weighted by Crippen LogP contribution is -2.38. The summed E-state index contributed by atoms with van der Waals surface area (Å²) in [7, 11) is 1.51. The molecule has 0 atom stereocenters. The maximum Gasteiger partial charge on any atom is 0.319 e. The second kappa shape index (κ2) is 9.10. The number of hydrogen-bond donors (Lipinski definition) is 2. The molecule has 0 amide bonds. The van der Waals surface area contributed by atoms with Gasteiger partial charge in [0, 0.05) is 31.7 Å². The highest BCUT2D eigenvalue weighted by atomic mass is 35.5. The number of likely N-dealkylation sites (tertiary alicyclic amines) is 1. The van der Waals surface area contributed by atoms with Crippen LogP contribution in [0.25, 0.3) is 0 Å². The van der Waals surface area contributed by atoms with Gasteiger partial charge in [-0.3, -0.25) is 4.90 Å². The lowest BCUT2D eigenvalue weighted by molar-refractivity contribution is 0.211. The van der Waals surface area contributed by atoms with E-state index < -0.39 is 0 Å². The molecule has 7 nitrogen and oxygen atoms in total. The zero-order chi connectivity index (χ0) is 19.2. The average Bonchev–Trinajstić information content (AvgIpc) is 2.66. The van der Waals surface area contributed by atoms with Crippen molar-refractivity contribution in [3.8, 4) is 17.6 Å². The van der Waals surface area contributed by atoms with Gasteiger partial charge >= 0.3 is 6.01 Å². The highest BCUT2D eigenvalue weighted by molar-refractivity contribution is 6.32. The van der Waals surface area contributed by atoms with E-state index in [1.807, 2.05) is 25.1 Å². The summed E-state index contributed by atoms with van der Waals surface area (Å²) in [5, 5.41) is 13.6. The fourth-order valence-corrected chi connectivity index (χ4v) is 3.38. The van der Waals surface area contributed by atoms with E-state index in [0.717, 1.165) is 38.2 Å². The number of benzene rings is 1. The first-order chi connectivity index (χ1) is 13.1. The van der Waals surface area contributed by atoms with Gasteiger partial charge in [0.2, 0.25) is 5.88 Å². The predicted molar refractivity (Wildman–Crippen MR) is 105 cm³/mol. The number of methoxy groups -OCH3 is 1. The molecule has 1 aromatic carbocycles. The Bertz CT molecular complexity index is 767. The average molecular weight is 393 g/mol. The summed E-state index contributed by atoms with van der Waals surface area (Å²) in [6, 6.07) is 7.66. The molecule has 3 rings (SSSR count). The summed E-state index contributed by atoms with van der Waals surface area (Å²) in [5.41, 5.74) is 1.19. The molecule has 1 aromatic heterocycles. The molecule has 8 heteroatoms. The third kappa shape index (κ3) is 5.37. The van der Waals surface area contributed by atoms with Crippen LogP contribution in [0.1, 0.15) is 25.3 Å². The van der Waals surface area contributed by atoms with E-state index >= 15 is 0 Å². The number of ether oxygens (including phenoxy) is 2. The van der Waals surface area contributed by atoms with Gasteiger partial charge in [-0.15, -0.1) is 0 Å². The van der Waals surface area contributed by atoms with Crippen LogP contribution in [0.3, 0.4) is 0 Å². The fraction of sp³-hybridized carbons (Fsp3) is 0.474. The fourth-order valence-electron chi connectivity index (χ4n) is 3.21. The number of aromatic hydroxyl groups is 1. The van der Waals surface area contributed by atoms with Gasteiger partial charge in [0.15, 0.2) is 0 Å². The lowest BCUT2D eigenvalue weighted by atomic mass is 10.0. The van der Waals surface area contributed by atoms with Gasteiger partial charge in [0.25, 0.3) is 0 Å². The van der Waals surface area contributed by atoms with Crippen molar-refractivity contribution in [2.75, 3.05) is 32.1 Å². The maximum absolute atomic E-state index is 9.57. The summed E-state index contributed by atoms with van der Waals surface area (Å²) in [5.74, 6) is 1.66. The molecule has 1 saturated heterocycles. The Morgan fingerprint density at radius 1 is 1.26 bits per heavy atom. The van der Waals surface area contributed by atoms with E-state index in [4.69, 9.17) is 21.1 Å². The zero-order valence-corrected chi connectivity index (χ0v) is 16.4. The van der Waals surface area contributed by atoms with Gasteiger partial charge in [-0.05, 0) is 37.5 Å². The maximum atomic E-state index is 9.57. The Balaban J connectivity index is 1.53. The number of nitrogens with zero attached hydrogens (tertiary/aromatic N) is 3. The monoisotopic (exact) mass is 392 g/mol. The van der Waals surface area contributed by atoms with E-state index in [-0.39, 0.29) is 6.01 Å². The number of nitrogens with one attached hydrogen (secondary N) is 1. The molecule has 1 fully saturated rings. The highest BCUT2D eigenvalue weighted by Gasteiger charge is 2.20. The number of halogens is 1. The van der Waals surface area contributed by atoms with Crippen LogP contribution in [0.5, 0.6) is 17.6 Å². The Morgan fingerprint density at radius 2 is 2.04 bits per heavy atom. The Labute approximate surface area is 164 Å². The molecule has 0 spiro atoms. The summed E-state index contributed by atoms with van der Waals surface area (Å²) in [6.07, 6.45) is 1.97. The van der Waals surface area contributed by atoms with Crippen LogP contribution in [0, 0.1) is 0 Å². The van der Waals surface area contributed by atoms with Crippen LogP contribution in [0.15, 0.2) is 24.3 Å². The largest absolute Gasteiger partial charge is 0.492 e. The van der Waals surface area contributed by atoms with Crippen molar-refractivity contribution in [3.05, 3.63) is 34.9 Å². The van der Waals surface area contributed by atoms with Crippen LogP contribution in [-0.2, 0) is 6.54 Å². The molecule has 2 heterocycles. The topological polar surface area (TPSA) is 79.7 Å². The van der Waals surface area contributed by atoms with Crippen LogP contribution < -0.4 is 14.8 Å². The molecule has 0 unspecified atom stereocenters. The summed E-state index contributed by atoms with van der Waals surface area (Å²) in [6.45, 7) is 5.36. The number of hydrogen-bond acceptors (Lipinski definition) is 7. The molecular weight excluding hydrogens is 368 g/mol. The van der Waals surface area contributed by atoms with E-state index in [1.54, 1.807) is 6.07 Å². The SMILES string of the molecule is CCOc1cc(CN2CCC(Nc3cc(OC)nc(O)n3)CC2)ccc1Cl. The quantitative estimate of drug-likeness (QED) is 0.748. The first kappa shape index (κ1) is 19.5. The second-order valence-electron chi connectivity index (χ2n) is 6.49. The molecular formula is C19H25ClN4O3. The van der Waals surface area contributed by atoms with E-state index in [9.17, 15) is 5.11 Å². The molecule has 0 radical (unpaired) electrons. The molecule has 0 aliphatic carbocycles. The van der Waals surface area contributed by atoms with Gasteiger partial charge in [0.05, 0.1) is 18.7 Å². The van der Waals surface area contributed by atoms with Gasteiger partial charge < -0.3 is 19.9 Å². The van der Waals surface area contributed by atoms with Gasteiger partial charge in [-0.1, -0.05) is 17.7 Å². The van der Waals surface area contributed by atoms with Crippen LogP contribution in [0.2, 0.25) is 5.02 Å². The van der Waals surface area contributed by atoms with Crippen molar-refractivity contribution in [3.63, 3.8) is 0 Å². The minimum atomic E-state index is -0.290. The molecule has 27 heavy (non-hydrogen) atoms. The summed E-state index contributed by atoms with van der Waals surface area (Å²) in [4.78, 5) is 10.2. The predicted octanol–water partition coefficient (Wildman–Crippen LogP) is 3.32. The van der Waals surface area contributed by atoms with Crippen LogP contribution in [0.4, 0.5) is 5.82 Å². The number of piperidine rings is 1. The van der Waals surface area contributed by atoms with Crippen LogP contribution in [-0.4, -0.2) is 52.8 Å². The van der Waals surface area contributed by atoms with Crippen molar-refractivity contribution >= 4 is 17.4 Å². The van der Waals surface area contributed by atoms with Crippen molar-refractivity contribution < 1.29 is 14.6 Å². The Hall–Kier alpha value is -2.25. The number of anilines is 1. The van der Waals surface area contributed by atoms with Gasteiger partial charge in [-0.25, -0.2) is 0 Å². The third-order valence-corrected chi connectivity index (χ3v) is 4.85. The highest BCUT2D eigenvalue weighted by Crippen LogP contribution is 2.27. The first-order valence-electron chi connectivity index (χ1n) is 9.09. The zero-order valence-electron chi connectivity index (χ0n) is 15.6. The summed E-state index contributed by atoms with van der Waals surface area (Å²) >= 11 is 6.16. The Morgan fingerprint density at radius 3 is 2.74 bits per heavy atom. The normalized spacial score (nSPS) is 15.5. The molecule has 0 saturated carbocycles. The van der Waals surface area contributed by atoms with Crippen molar-refractivity contribution in [1.29, 1.82) is 0 Å². The standard InChI is InChI=1S/C19H25ClN4O3/c1-3-27-16-10-13(4-5-15(16)20)12-24-8-6-14(7-9-24)21-17-11-18(26-2)23-19(25)22-17/h4-5,10-11,14H,3,6-9,12H2,1-2H3,(H2,21,22,23,25). The molecule has 2 N–H and O–H groups in total. The molecule has 1 aliphatic rings. The lowest BCUT2D eigenvalue weighted by Gasteiger charge is -2.32. The smallest absolute Gasteiger partial charge is 0.319 e. The van der Waals surface area contributed by atoms with E-state index in [1.165, 1.54) is 12.7 Å². The molecule has 0 bridgehead atoms. The van der Waals surface area contributed by atoms with Crippen molar-refractivity contribution in [2.45, 2.75) is 32.4 Å². The van der Waals surface area contributed by atoms with E-state index in [2.05, 4.69) is 20.2 Å². The molecule has 1 aliphatic heterocycles. The van der Waals surface area contributed by atoms with Crippen molar-refractivity contribution in [2.24, 2.45) is 0 Å².